The molecule has 2 aliphatic rings. The van der Waals surface area contributed by atoms with Gasteiger partial charge in [-0.3, -0.25) is 4.79 Å². The van der Waals surface area contributed by atoms with E-state index in [1.54, 1.807) is 0 Å². The lowest BCUT2D eigenvalue weighted by Crippen LogP contribution is -2.52. The fourth-order valence-electron chi connectivity index (χ4n) is 4.82. The molecule has 0 aromatic rings. The summed E-state index contributed by atoms with van der Waals surface area (Å²) in [5, 5.41) is 19.0. The van der Waals surface area contributed by atoms with Gasteiger partial charge in [-0.15, -0.1) is 0 Å². The second-order valence-corrected chi connectivity index (χ2v) is 7.07. The van der Waals surface area contributed by atoms with Gasteiger partial charge in [0, 0.05) is 6.61 Å². The first-order valence-electron chi connectivity index (χ1n) is 7.34. The second-order valence-electron chi connectivity index (χ2n) is 7.07. The molecule has 19 heavy (non-hydrogen) atoms. The molecule has 0 aromatic carbocycles. The highest BCUT2D eigenvalue weighted by molar-refractivity contribution is 5.67. The van der Waals surface area contributed by atoms with Crippen LogP contribution in [0.3, 0.4) is 0 Å². The molecule has 4 atom stereocenters. The third-order valence-corrected chi connectivity index (χ3v) is 5.88. The molecular weight excluding hydrogens is 240 g/mol. The van der Waals surface area contributed by atoms with E-state index in [9.17, 15) is 15.0 Å². The van der Waals surface area contributed by atoms with Crippen LogP contribution in [0.2, 0.25) is 0 Å². The molecule has 0 bridgehead atoms. The molecule has 0 heterocycles. The van der Waals surface area contributed by atoms with Crippen LogP contribution in [0.15, 0.2) is 12.2 Å². The zero-order chi connectivity index (χ0) is 14.3. The zero-order valence-electron chi connectivity index (χ0n) is 12.1. The van der Waals surface area contributed by atoms with E-state index in [0.29, 0.717) is 5.92 Å². The van der Waals surface area contributed by atoms with Crippen molar-refractivity contribution in [3.05, 3.63) is 12.2 Å². The van der Waals surface area contributed by atoms with Crippen LogP contribution in [-0.2, 0) is 4.79 Å². The van der Waals surface area contributed by atoms with Gasteiger partial charge in [-0.25, -0.2) is 0 Å². The molecule has 0 saturated heterocycles. The predicted octanol–water partition coefficient (Wildman–Crippen LogP) is 3.23. The molecule has 2 rings (SSSR count). The summed E-state index contributed by atoms with van der Waals surface area (Å²) in [6, 6.07) is 0. The van der Waals surface area contributed by atoms with Crippen LogP contribution in [0.25, 0.3) is 0 Å². The maximum absolute atomic E-state index is 11.2. The van der Waals surface area contributed by atoms with Gasteiger partial charge in [0.2, 0.25) is 0 Å². The molecule has 2 N–H and O–H groups in total. The Morgan fingerprint density at radius 1 is 1.42 bits per heavy atom. The topological polar surface area (TPSA) is 57.5 Å². The molecule has 0 spiro atoms. The van der Waals surface area contributed by atoms with Crippen molar-refractivity contribution in [1.82, 2.24) is 0 Å². The highest BCUT2D eigenvalue weighted by atomic mass is 16.4. The standard InChI is InChI=1S/C16H26O3/c1-11-5-6-13-15(2,10-17)7-4-8-16(13,3)12(11)9-14(18)19/h12-13,17H,1,4-10H2,2-3H3,(H,18,19)/t12-,13-,15+,16+/m0/s1. The number of allylic oxidation sites excluding steroid dienone is 1. The van der Waals surface area contributed by atoms with Crippen LogP contribution < -0.4 is 0 Å². The number of carbonyl (C=O) groups is 1. The number of aliphatic hydroxyl groups excluding tert-OH is 1. The first kappa shape index (κ1) is 14.6. The summed E-state index contributed by atoms with van der Waals surface area (Å²) in [5.74, 6) is -0.257. The Morgan fingerprint density at radius 3 is 2.68 bits per heavy atom. The van der Waals surface area contributed by atoms with Crippen LogP contribution in [0.5, 0.6) is 0 Å². The van der Waals surface area contributed by atoms with Gasteiger partial charge in [-0.2, -0.15) is 0 Å². The van der Waals surface area contributed by atoms with E-state index in [2.05, 4.69) is 20.4 Å². The van der Waals surface area contributed by atoms with Gasteiger partial charge in [-0.1, -0.05) is 32.4 Å². The van der Waals surface area contributed by atoms with Crippen molar-refractivity contribution in [3.63, 3.8) is 0 Å². The van der Waals surface area contributed by atoms with Crippen LogP contribution >= 0.6 is 0 Å². The van der Waals surface area contributed by atoms with Crippen LogP contribution in [0, 0.1) is 22.7 Å². The van der Waals surface area contributed by atoms with Gasteiger partial charge in [0.05, 0.1) is 6.42 Å². The van der Waals surface area contributed by atoms with Crippen molar-refractivity contribution in [2.45, 2.75) is 52.4 Å². The summed E-state index contributed by atoms with van der Waals surface area (Å²) in [6.07, 6.45) is 5.33. The normalized spacial score (nSPS) is 42.8. The predicted molar refractivity (Wildman–Crippen MR) is 74.8 cm³/mol. The van der Waals surface area contributed by atoms with Gasteiger partial charge in [0.15, 0.2) is 0 Å². The Bertz CT molecular complexity index is 389. The Kier molecular flexibility index (Phi) is 3.78. The number of aliphatic carboxylic acids is 1. The summed E-state index contributed by atoms with van der Waals surface area (Å²) >= 11 is 0. The summed E-state index contributed by atoms with van der Waals surface area (Å²) in [7, 11) is 0. The number of fused-ring (bicyclic) bond motifs is 1. The number of carboxylic acids is 1. The van der Waals surface area contributed by atoms with Crippen molar-refractivity contribution in [2.75, 3.05) is 6.61 Å². The summed E-state index contributed by atoms with van der Waals surface area (Å²) in [4.78, 5) is 11.2. The molecule has 2 aliphatic carbocycles. The Hall–Kier alpha value is -0.830. The minimum Gasteiger partial charge on any atom is -0.481 e. The number of carboxylic acid groups (broad SMARTS) is 1. The molecule has 108 valence electrons. The van der Waals surface area contributed by atoms with E-state index >= 15 is 0 Å². The fraction of sp³-hybridized carbons (Fsp3) is 0.812. The Morgan fingerprint density at radius 2 is 2.11 bits per heavy atom. The van der Waals surface area contributed by atoms with Crippen molar-refractivity contribution in [3.8, 4) is 0 Å². The third kappa shape index (κ3) is 2.33. The first-order chi connectivity index (χ1) is 8.83. The smallest absolute Gasteiger partial charge is 0.303 e. The van der Waals surface area contributed by atoms with Crippen molar-refractivity contribution < 1.29 is 15.0 Å². The zero-order valence-corrected chi connectivity index (χ0v) is 12.1. The molecule has 3 heteroatoms. The molecular formula is C16H26O3. The van der Waals surface area contributed by atoms with Crippen molar-refractivity contribution >= 4 is 5.97 Å². The Balaban J connectivity index is 2.35. The molecule has 0 aromatic heterocycles. The van der Waals surface area contributed by atoms with Gasteiger partial charge >= 0.3 is 5.97 Å². The van der Waals surface area contributed by atoms with Gasteiger partial charge in [0.25, 0.3) is 0 Å². The van der Waals surface area contributed by atoms with E-state index in [-0.39, 0.29) is 29.8 Å². The number of rotatable bonds is 3. The maximum atomic E-state index is 11.2. The lowest BCUT2D eigenvalue weighted by molar-refractivity contribution is -0.142. The molecule has 0 amide bonds. The van der Waals surface area contributed by atoms with Crippen LogP contribution in [0.4, 0.5) is 0 Å². The first-order valence-corrected chi connectivity index (χ1v) is 7.34. The van der Waals surface area contributed by atoms with E-state index in [1.165, 1.54) is 0 Å². The number of hydrogen-bond donors (Lipinski definition) is 2. The number of aliphatic hydroxyl groups is 1. The highest BCUT2D eigenvalue weighted by Gasteiger charge is 2.54. The Labute approximate surface area is 115 Å². The van der Waals surface area contributed by atoms with E-state index in [0.717, 1.165) is 37.7 Å². The summed E-state index contributed by atoms with van der Waals surface area (Å²) < 4.78 is 0. The van der Waals surface area contributed by atoms with Crippen molar-refractivity contribution in [2.24, 2.45) is 22.7 Å². The lowest BCUT2D eigenvalue weighted by Gasteiger charge is -2.58. The SMILES string of the molecule is C=C1CC[C@H]2[C@@](C)(CO)CCC[C@]2(C)[C@H]1CC(=O)O. The molecule has 0 aliphatic heterocycles. The average Bonchev–Trinajstić information content (AvgIpc) is 2.33. The number of hydrogen-bond acceptors (Lipinski definition) is 2. The molecule has 2 fully saturated rings. The maximum Gasteiger partial charge on any atom is 0.303 e. The molecule has 2 saturated carbocycles. The minimum absolute atomic E-state index is 0.0105. The largest absolute Gasteiger partial charge is 0.481 e. The molecule has 0 radical (unpaired) electrons. The minimum atomic E-state index is -0.732. The summed E-state index contributed by atoms with van der Waals surface area (Å²) in [6.45, 7) is 8.73. The van der Waals surface area contributed by atoms with Crippen LogP contribution in [0.1, 0.15) is 52.4 Å². The third-order valence-electron chi connectivity index (χ3n) is 5.88. The second kappa shape index (κ2) is 4.93. The van der Waals surface area contributed by atoms with E-state index < -0.39 is 5.97 Å². The van der Waals surface area contributed by atoms with E-state index in [4.69, 9.17) is 0 Å². The lowest BCUT2D eigenvalue weighted by atomic mass is 9.47. The molecule has 3 nitrogen and oxygen atoms in total. The van der Waals surface area contributed by atoms with Gasteiger partial charge < -0.3 is 10.2 Å². The van der Waals surface area contributed by atoms with Crippen LogP contribution in [-0.4, -0.2) is 22.8 Å². The van der Waals surface area contributed by atoms with Gasteiger partial charge in [-0.05, 0) is 48.3 Å². The average molecular weight is 266 g/mol. The van der Waals surface area contributed by atoms with E-state index in [1.807, 2.05) is 0 Å². The quantitative estimate of drug-likeness (QED) is 0.771. The van der Waals surface area contributed by atoms with Gasteiger partial charge in [0.1, 0.15) is 0 Å². The fourth-order valence-corrected chi connectivity index (χ4v) is 4.82. The van der Waals surface area contributed by atoms with Crippen molar-refractivity contribution in [1.29, 1.82) is 0 Å². The monoisotopic (exact) mass is 266 g/mol. The highest BCUT2D eigenvalue weighted by Crippen LogP contribution is 2.61. The molecule has 0 unspecified atom stereocenters. The summed E-state index contributed by atoms with van der Waals surface area (Å²) in [5.41, 5.74) is 1.04.